The first-order valence-corrected chi connectivity index (χ1v) is 3.56. The van der Waals surface area contributed by atoms with Gasteiger partial charge in [-0.2, -0.15) is 0 Å². The molecule has 11 heavy (non-hydrogen) atoms. The van der Waals surface area contributed by atoms with E-state index in [0.29, 0.717) is 0 Å². The zero-order chi connectivity index (χ0) is 8.10. The van der Waals surface area contributed by atoms with Crippen molar-refractivity contribution in [2.24, 2.45) is 5.92 Å². The number of likely N-dealkylation sites (N-methyl/N-ethyl adjacent to an activating group) is 1. The van der Waals surface area contributed by atoms with Crippen LogP contribution in [0.1, 0.15) is 0 Å². The molecule has 1 rings (SSSR count). The monoisotopic (exact) mass is 149 g/mol. The number of allylic oxidation sites excluding steroid dienone is 5. The molecule has 0 heterocycles. The van der Waals surface area contributed by atoms with Crippen molar-refractivity contribution in [2.45, 2.75) is 0 Å². The molecule has 0 saturated heterocycles. The van der Waals surface area contributed by atoms with E-state index in [1.54, 1.807) is 0 Å². The molecular weight excluding hydrogens is 138 g/mol. The van der Waals surface area contributed by atoms with Gasteiger partial charge in [0.25, 0.3) is 0 Å². The van der Waals surface area contributed by atoms with E-state index >= 15 is 0 Å². The molecule has 2 nitrogen and oxygen atoms in total. The topological polar surface area (TPSA) is 29.1 Å². The van der Waals surface area contributed by atoms with E-state index in [0.717, 1.165) is 12.0 Å². The van der Waals surface area contributed by atoms with Crippen molar-refractivity contribution >= 4 is 6.29 Å². The van der Waals surface area contributed by atoms with Crippen LogP contribution in [0.3, 0.4) is 0 Å². The average molecular weight is 149 g/mol. The third-order valence-corrected chi connectivity index (χ3v) is 1.55. The lowest BCUT2D eigenvalue weighted by Crippen LogP contribution is -2.02. The Morgan fingerprint density at radius 3 is 3.00 bits per heavy atom. The van der Waals surface area contributed by atoms with Gasteiger partial charge in [-0.05, 0) is 12.2 Å². The molecule has 0 bridgehead atoms. The highest BCUT2D eigenvalue weighted by molar-refractivity contribution is 5.60. The Balaban J connectivity index is 2.73. The number of nitrogens with one attached hydrogen (secondary N) is 1. The highest BCUT2D eigenvalue weighted by Crippen LogP contribution is 2.05. The van der Waals surface area contributed by atoms with Crippen molar-refractivity contribution in [1.29, 1.82) is 0 Å². The van der Waals surface area contributed by atoms with Crippen molar-refractivity contribution < 1.29 is 4.79 Å². The van der Waals surface area contributed by atoms with Crippen LogP contribution in [0.5, 0.6) is 0 Å². The van der Waals surface area contributed by atoms with Gasteiger partial charge in [0, 0.05) is 12.7 Å². The fraction of sp³-hybridized carbons (Fsp3) is 0.222. The summed E-state index contributed by atoms with van der Waals surface area (Å²) in [6, 6.07) is 0. The van der Waals surface area contributed by atoms with Gasteiger partial charge < -0.3 is 10.1 Å². The number of carbonyl (C=O) groups excluding carboxylic acids is 1. The predicted molar refractivity (Wildman–Crippen MR) is 45.0 cm³/mol. The summed E-state index contributed by atoms with van der Waals surface area (Å²) in [5.41, 5.74) is 1.02. The first-order valence-electron chi connectivity index (χ1n) is 3.56. The second kappa shape index (κ2) is 3.76. The molecule has 2 heteroatoms. The highest BCUT2D eigenvalue weighted by Gasteiger charge is 1.98. The van der Waals surface area contributed by atoms with Gasteiger partial charge in [-0.15, -0.1) is 0 Å². The normalized spacial score (nSPS) is 22.3. The van der Waals surface area contributed by atoms with Crippen LogP contribution in [0.15, 0.2) is 36.1 Å². The largest absolute Gasteiger partial charge is 0.388 e. The van der Waals surface area contributed by atoms with E-state index in [1.807, 2.05) is 37.4 Å². The quantitative estimate of drug-likeness (QED) is 0.594. The summed E-state index contributed by atoms with van der Waals surface area (Å²) in [5, 5.41) is 3.00. The minimum atomic E-state index is -0.0721. The number of hydrogen-bond acceptors (Lipinski definition) is 2. The second-order valence-electron chi connectivity index (χ2n) is 2.33. The van der Waals surface area contributed by atoms with Crippen LogP contribution < -0.4 is 5.32 Å². The molecule has 0 spiro atoms. The molecule has 0 radical (unpaired) electrons. The zero-order valence-corrected chi connectivity index (χ0v) is 6.45. The SMILES string of the molecule is CNC1=CC=CC(C=O)C=C1. The maximum atomic E-state index is 10.4. The first-order chi connectivity index (χ1) is 5.36. The predicted octanol–water partition coefficient (Wildman–Crippen LogP) is 1.03. The van der Waals surface area contributed by atoms with Crippen LogP contribution in [-0.4, -0.2) is 13.3 Å². The van der Waals surface area contributed by atoms with E-state index in [2.05, 4.69) is 5.32 Å². The Morgan fingerprint density at radius 2 is 2.36 bits per heavy atom. The molecule has 0 amide bonds. The van der Waals surface area contributed by atoms with Crippen molar-refractivity contribution in [3.8, 4) is 0 Å². The second-order valence-corrected chi connectivity index (χ2v) is 2.33. The van der Waals surface area contributed by atoms with Crippen molar-refractivity contribution in [3.63, 3.8) is 0 Å². The van der Waals surface area contributed by atoms with Crippen molar-refractivity contribution in [2.75, 3.05) is 7.05 Å². The molecule has 0 aromatic heterocycles. The van der Waals surface area contributed by atoms with Gasteiger partial charge in [0.05, 0.1) is 5.92 Å². The smallest absolute Gasteiger partial charge is 0.130 e. The standard InChI is InChI=1S/C9H11NO/c1-10-9-4-2-3-8(7-11)5-6-9/h2-8,10H,1H3. The third-order valence-electron chi connectivity index (χ3n) is 1.55. The highest BCUT2D eigenvalue weighted by atomic mass is 16.1. The molecule has 1 unspecified atom stereocenters. The Morgan fingerprint density at radius 1 is 1.55 bits per heavy atom. The van der Waals surface area contributed by atoms with E-state index in [9.17, 15) is 4.79 Å². The number of rotatable bonds is 2. The molecule has 1 N–H and O–H groups in total. The summed E-state index contributed by atoms with van der Waals surface area (Å²) in [7, 11) is 1.85. The van der Waals surface area contributed by atoms with Crippen molar-refractivity contribution in [3.05, 3.63) is 36.1 Å². The Bertz CT molecular complexity index is 226. The third kappa shape index (κ3) is 2.08. The molecule has 0 aromatic carbocycles. The molecule has 1 aliphatic rings. The minimum Gasteiger partial charge on any atom is -0.388 e. The molecule has 0 saturated carbocycles. The summed E-state index contributed by atoms with van der Waals surface area (Å²) in [5.74, 6) is -0.0721. The molecule has 0 aliphatic heterocycles. The van der Waals surface area contributed by atoms with Gasteiger partial charge >= 0.3 is 0 Å². The summed E-state index contributed by atoms with van der Waals surface area (Å²) in [6.45, 7) is 0. The van der Waals surface area contributed by atoms with Crippen LogP contribution in [-0.2, 0) is 4.79 Å². The van der Waals surface area contributed by atoms with E-state index in [1.165, 1.54) is 0 Å². The minimum absolute atomic E-state index is 0.0721. The van der Waals surface area contributed by atoms with Gasteiger partial charge in [0.15, 0.2) is 0 Å². The Hall–Kier alpha value is -1.31. The number of aldehydes is 1. The van der Waals surface area contributed by atoms with Gasteiger partial charge in [-0.3, -0.25) is 0 Å². The van der Waals surface area contributed by atoms with E-state index < -0.39 is 0 Å². The maximum Gasteiger partial charge on any atom is 0.130 e. The molecule has 0 fully saturated rings. The average Bonchev–Trinajstić information content (AvgIpc) is 2.28. The van der Waals surface area contributed by atoms with Crippen LogP contribution in [0.2, 0.25) is 0 Å². The molecule has 0 aromatic rings. The lowest BCUT2D eigenvalue weighted by Gasteiger charge is -1.96. The van der Waals surface area contributed by atoms with Gasteiger partial charge in [0.2, 0.25) is 0 Å². The lowest BCUT2D eigenvalue weighted by atomic mass is 10.1. The lowest BCUT2D eigenvalue weighted by molar-refractivity contribution is -0.108. The Kier molecular flexibility index (Phi) is 2.66. The van der Waals surface area contributed by atoms with Crippen molar-refractivity contribution in [1.82, 2.24) is 5.32 Å². The Labute approximate surface area is 66.3 Å². The summed E-state index contributed by atoms with van der Waals surface area (Å²) in [6.07, 6.45) is 10.3. The van der Waals surface area contributed by atoms with E-state index in [-0.39, 0.29) is 5.92 Å². The van der Waals surface area contributed by atoms with Gasteiger partial charge in [-0.25, -0.2) is 0 Å². The molecule has 1 atom stereocenters. The molecular formula is C9H11NO. The summed E-state index contributed by atoms with van der Waals surface area (Å²) < 4.78 is 0. The maximum absolute atomic E-state index is 10.4. The van der Waals surface area contributed by atoms with Crippen LogP contribution in [0, 0.1) is 5.92 Å². The van der Waals surface area contributed by atoms with Gasteiger partial charge in [-0.1, -0.05) is 18.2 Å². The first kappa shape index (κ1) is 7.79. The fourth-order valence-electron chi connectivity index (χ4n) is 0.879. The zero-order valence-electron chi connectivity index (χ0n) is 6.45. The van der Waals surface area contributed by atoms with Gasteiger partial charge in [0.1, 0.15) is 6.29 Å². The van der Waals surface area contributed by atoms with Crippen LogP contribution >= 0.6 is 0 Å². The molecule has 58 valence electrons. The fourth-order valence-corrected chi connectivity index (χ4v) is 0.879. The van der Waals surface area contributed by atoms with Crippen LogP contribution in [0.4, 0.5) is 0 Å². The molecule has 1 aliphatic carbocycles. The summed E-state index contributed by atoms with van der Waals surface area (Å²) in [4.78, 5) is 10.4. The van der Waals surface area contributed by atoms with Crippen LogP contribution in [0.25, 0.3) is 0 Å². The number of carbonyl (C=O) groups is 1. The number of hydrogen-bond donors (Lipinski definition) is 1. The van der Waals surface area contributed by atoms with E-state index in [4.69, 9.17) is 0 Å². The summed E-state index contributed by atoms with van der Waals surface area (Å²) >= 11 is 0.